The number of hydrogen-bond donors (Lipinski definition) is 1. The Bertz CT molecular complexity index is 1090. The molecule has 1 aromatic heterocycles. The molecule has 2 atom stereocenters. The first kappa shape index (κ1) is 17.1. The van der Waals surface area contributed by atoms with Crippen LogP contribution < -0.4 is 0 Å². The molecule has 0 aliphatic heterocycles. The maximum absolute atomic E-state index is 13.0. The van der Waals surface area contributed by atoms with Crippen molar-refractivity contribution in [2.45, 2.75) is 19.8 Å². The average molecular weight is 357 g/mol. The molecule has 0 bridgehead atoms. The highest BCUT2D eigenvalue weighted by molar-refractivity contribution is 6.04. The number of azo groups is 1. The van der Waals surface area contributed by atoms with Crippen molar-refractivity contribution in [2.24, 2.45) is 16.1 Å². The smallest absolute Gasteiger partial charge is 0.191 e. The monoisotopic (exact) mass is 357 g/mol. The molecule has 1 N–H and O–H groups in total. The van der Waals surface area contributed by atoms with Gasteiger partial charge in [-0.1, -0.05) is 37.3 Å². The maximum Gasteiger partial charge on any atom is 0.191 e. The third-order valence-corrected chi connectivity index (χ3v) is 5.21. The minimum absolute atomic E-state index is 0.00834. The molecule has 1 aliphatic carbocycles. The fourth-order valence-corrected chi connectivity index (χ4v) is 3.59. The lowest BCUT2D eigenvalue weighted by atomic mass is 9.87. The summed E-state index contributed by atoms with van der Waals surface area (Å²) in [5, 5.41) is 19.2. The van der Waals surface area contributed by atoms with E-state index in [4.69, 9.17) is 0 Å². The van der Waals surface area contributed by atoms with E-state index in [0.717, 1.165) is 11.1 Å². The van der Waals surface area contributed by atoms with Gasteiger partial charge in [-0.05, 0) is 48.2 Å². The first-order chi connectivity index (χ1) is 13.1. The van der Waals surface area contributed by atoms with Crippen LogP contribution in [0.1, 0.15) is 25.3 Å². The van der Waals surface area contributed by atoms with E-state index in [-0.39, 0.29) is 23.4 Å². The van der Waals surface area contributed by atoms with Gasteiger partial charge in [0.25, 0.3) is 0 Å². The number of hydrogen-bond acceptors (Lipinski definition) is 5. The molecule has 5 heteroatoms. The predicted molar refractivity (Wildman–Crippen MR) is 104 cm³/mol. The summed E-state index contributed by atoms with van der Waals surface area (Å²) < 4.78 is 0. The molecule has 27 heavy (non-hydrogen) atoms. The molecule has 0 spiro atoms. The molecule has 0 amide bonds. The molecule has 134 valence electrons. The first-order valence-electron chi connectivity index (χ1n) is 8.86. The van der Waals surface area contributed by atoms with Gasteiger partial charge in [0, 0.05) is 11.6 Å². The summed E-state index contributed by atoms with van der Waals surface area (Å²) in [5.74, 6) is -0.0217. The number of ketones is 1. The lowest BCUT2D eigenvalue weighted by molar-refractivity contribution is -0.116. The SMILES string of the molecule is CC1=C(N=Nc2ccc(O)c3cccnc23)C(=O)C(c2ccccc2)C1C. The summed E-state index contributed by atoms with van der Waals surface area (Å²) in [6, 6.07) is 16.5. The summed E-state index contributed by atoms with van der Waals surface area (Å²) in [4.78, 5) is 17.3. The fraction of sp³-hybridized carbons (Fsp3) is 0.182. The Morgan fingerprint density at radius 2 is 1.78 bits per heavy atom. The minimum atomic E-state index is -0.227. The van der Waals surface area contributed by atoms with E-state index in [1.54, 1.807) is 30.5 Å². The average Bonchev–Trinajstić information content (AvgIpc) is 2.91. The Labute approximate surface area is 157 Å². The van der Waals surface area contributed by atoms with Gasteiger partial charge in [-0.3, -0.25) is 9.78 Å². The molecule has 4 rings (SSSR count). The second-order valence-corrected chi connectivity index (χ2v) is 6.78. The van der Waals surface area contributed by atoms with Crippen LogP contribution in [-0.2, 0) is 4.79 Å². The minimum Gasteiger partial charge on any atom is -0.507 e. The van der Waals surface area contributed by atoms with Gasteiger partial charge in [-0.15, -0.1) is 10.2 Å². The third kappa shape index (κ3) is 2.91. The van der Waals surface area contributed by atoms with Crippen molar-refractivity contribution >= 4 is 22.4 Å². The second kappa shape index (κ2) is 6.76. The zero-order valence-corrected chi connectivity index (χ0v) is 15.1. The van der Waals surface area contributed by atoms with Crippen molar-refractivity contribution in [1.82, 2.24) is 4.98 Å². The van der Waals surface area contributed by atoms with Crippen LogP contribution in [0.15, 0.2) is 82.3 Å². The van der Waals surface area contributed by atoms with Crippen molar-refractivity contribution in [2.75, 3.05) is 0 Å². The largest absolute Gasteiger partial charge is 0.507 e. The number of phenolic OH excluding ortho intramolecular Hbond substituents is 1. The van der Waals surface area contributed by atoms with Crippen LogP contribution in [-0.4, -0.2) is 15.9 Å². The van der Waals surface area contributed by atoms with E-state index in [2.05, 4.69) is 15.2 Å². The van der Waals surface area contributed by atoms with Crippen LogP contribution >= 0.6 is 0 Å². The van der Waals surface area contributed by atoms with Crippen LogP contribution in [0.3, 0.4) is 0 Å². The van der Waals surface area contributed by atoms with E-state index in [1.165, 1.54) is 0 Å². The Kier molecular flexibility index (Phi) is 4.28. The summed E-state index contributed by atoms with van der Waals surface area (Å²) in [6.07, 6.45) is 1.64. The van der Waals surface area contributed by atoms with Gasteiger partial charge in [0.15, 0.2) is 5.78 Å². The number of aromatic hydroxyl groups is 1. The second-order valence-electron chi connectivity index (χ2n) is 6.78. The van der Waals surface area contributed by atoms with E-state index in [9.17, 15) is 9.90 Å². The molecular weight excluding hydrogens is 338 g/mol. The van der Waals surface area contributed by atoms with E-state index >= 15 is 0 Å². The van der Waals surface area contributed by atoms with Gasteiger partial charge in [0.05, 0.1) is 5.92 Å². The molecule has 5 nitrogen and oxygen atoms in total. The van der Waals surface area contributed by atoms with E-state index in [1.807, 2.05) is 44.2 Å². The molecule has 1 aliphatic rings. The van der Waals surface area contributed by atoms with Gasteiger partial charge in [-0.2, -0.15) is 0 Å². The fourth-order valence-electron chi connectivity index (χ4n) is 3.59. The van der Waals surface area contributed by atoms with Gasteiger partial charge >= 0.3 is 0 Å². The predicted octanol–water partition coefficient (Wildman–Crippen LogP) is 5.30. The number of benzene rings is 2. The molecule has 0 radical (unpaired) electrons. The topological polar surface area (TPSA) is 74.9 Å². The molecule has 0 saturated heterocycles. The quantitative estimate of drug-likeness (QED) is 0.646. The number of aromatic nitrogens is 1. The Morgan fingerprint density at radius 1 is 1.00 bits per heavy atom. The number of Topliss-reactive ketones (excluding diaryl/α,β-unsaturated/α-hetero) is 1. The van der Waals surface area contributed by atoms with Crippen molar-refractivity contribution in [3.63, 3.8) is 0 Å². The third-order valence-electron chi connectivity index (χ3n) is 5.21. The Hall–Kier alpha value is -3.34. The molecule has 3 aromatic rings. The molecule has 2 aromatic carbocycles. The number of carbonyl (C=O) groups excluding carboxylic acids is 1. The van der Waals surface area contributed by atoms with Gasteiger partial charge < -0.3 is 5.11 Å². The standard InChI is InChI=1S/C22H19N3O2/c1-13-14(2)20(22(27)19(13)15-7-4-3-5-8-15)25-24-17-10-11-18(26)16-9-6-12-23-21(16)17/h3-13,19,26H,1-2H3. The van der Waals surface area contributed by atoms with E-state index in [0.29, 0.717) is 22.3 Å². The summed E-state index contributed by atoms with van der Waals surface area (Å²) >= 11 is 0. The van der Waals surface area contributed by atoms with Crippen LogP contribution in [0.25, 0.3) is 10.9 Å². The molecule has 1 heterocycles. The maximum atomic E-state index is 13.0. The lowest BCUT2D eigenvalue weighted by Gasteiger charge is -2.15. The Morgan fingerprint density at radius 3 is 2.56 bits per heavy atom. The summed E-state index contributed by atoms with van der Waals surface area (Å²) in [5.41, 5.74) is 3.42. The highest BCUT2D eigenvalue weighted by Crippen LogP contribution is 2.41. The highest BCUT2D eigenvalue weighted by atomic mass is 16.3. The zero-order valence-electron chi connectivity index (χ0n) is 15.1. The number of carbonyl (C=O) groups is 1. The molecule has 0 fully saturated rings. The van der Waals surface area contributed by atoms with Crippen LogP contribution in [0.2, 0.25) is 0 Å². The summed E-state index contributed by atoms with van der Waals surface area (Å²) in [6.45, 7) is 3.98. The Balaban J connectivity index is 1.71. The first-order valence-corrected chi connectivity index (χ1v) is 8.86. The number of phenols is 1. The number of fused-ring (bicyclic) bond motifs is 1. The van der Waals surface area contributed by atoms with Crippen molar-refractivity contribution < 1.29 is 9.90 Å². The number of pyridine rings is 1. The van der Waals surface area contributed by atoms with Gasteiger partial charge in [0.2, 0.25) is 0 Å². The number of rotatable bonds is 3. The van der Waals surface area contributed by atoms with Crippen molar-refractivity contribution in [1.29, 1.82) is 0 Å². The van der Waals surface area contributed by atoms with E-state index < -0.39 is 0 Å². The molecule has 2 unspecified atom stereocenters. The van der Waals surface area contributed by atoms with Crippen LogP contribution in [0, 0.1) is 5.92 Å². The highest BCUT2D eigenvalue weighted by Gasteiger charge is 2.38. The number of nitrogens with zero attached hydrogens (tertiary/aromatic N) is 3. The van der Waals surface area contributed by atoms with Crippen molar-refractivity contribution in [3.8, 4) is 5.75 Å². The van der Waals surface area contributed by atoms with Crippen molar-refractivity contribution in [3.05, 3.63) is 77.6 Å². The summed E-state index contributed by atoms with van der Waals surface area (Å²) in [7, 11) is 0. The van der Waals surface area contributed by atoms with Gasteiger partial charge in [0.1, 0.15) is 22.7 Å². The van der Waals surface area contributed by atoms with Crippen LogP contribution in [0.4, 0.5) is 5.69 Å². The normalized spacial score (nSPS) is 20.1. The lowest BCUT2D eigenvalue weighted by Crippen LogP contribution is -2.13. The van der Waals surface area contributed by atoms with Gasteiger partial charge in [-0.25, -0.2) is 0 Å². The number of allylic oxidation sites excluding steroid dienone is 2. The zero-order chi connectivity index (χ0) is 19.0. The molecular formula is C22H19N3O2. The van der Waals surface area contributed by atoms with Crippen LogP contribution in [0.5, 0.6) is 5.75 Å². The molecule has 0 saturated carbocycles.